The molecule has 1 fully saturated rings. The number of amides is 1. The Hall–Kier alpha value is -3.49. The van der Waals surface area contributed by atoms with E-state index in [9.17, 15) is 18.0 Å². The van der Waals surface area contributed by atoms with Crippen LogP contribution in [0.4, 0.5) is 18.9 Å². The van der Waals surface area contributed by atoms with E-state index in [0.717, 1.165) is 0 Å². The zero-order valence-corrected chi connectivity index (χ0v) is 18.0. The number of pyridine rings is 1. The maximum Gasteiger partial charge on any atom is 0.316 e. The maximum atomic E-state index is 14.6. The van der Waals surface area contributed by atoms with Crippen LogP contribution in [0.15, 0.2) is 48.9 Å². The molecular formula is C24H23F3N4O2. The Morgan fingerprint density at radius 2 is 1.79 bits per heavy atom. The van der Waals surface area contributed by atoms with Gasteiger partial charge in [0.25, 0.3) is 5.91 Å². The van der Waals surface area contributed by atoms with Gasteiger partial charge in [-0.2, -0.15) is 0 Å². The van der Waals surface area contributed by atoms with E-state index >= 15 is 0 Å². The zero-order valence-electron chi connectivity index (χ0n) is 18.0. The molecule has 1 aromatic carbocycles. The van der Waals surface area contributed by atoms with Crippen LogP contribution in [0.3, 0.4) is 0 Å². The first-order valence-corrected chi connectivity index (χ1v) is 10.8. The Morgan fingerprint density at radius 1 is 1.09 bits per heavy atom. The van der Waals surface area contributed by atoms with Crippen molar-refractivity contribution in [1.82, 2.24) is 15.0 Å². The van der Waals surface area contributed by atoms with Crippen molar-refractivity contribution in [3.8, 4) is 17.1 Å². The summed E-state index contributed by atoms with van der Waals surface area (Å²) in [4.78, 5) is 25.4. The summed E-state index contributed by atoms with van der Waals surface area (Å²) in [5, 5.41) is 2.81. The summed E-state index contributed by atoms with van der Waals surface area (Å²) in [6, 6.07) is 7.92. The quantitative estimate of drug-likeness (QED) is 0.521. The zero-order chi connectivity index (χ0) is 23.4. The van der Waals surface area contributed by atoms with E-state index < -0.39 is 17.6 Å². The van der Waals surface area contributed by atoms with Crippen LogP contribution in [0.1, 0.15) is 54.6 Å². The van der Waals surface area contributed by atoms with Crippen LogP contribution in [0.5, 0.6) is 6.01 Å². The van der Waals surface area contributed by atoms with E-state index in [-0.39, 0.29) is 48.7 Å². The summed E-state index contributed by atoms with van der Waals surface area (Å²) < 4.78 is 47.3. The van der Waals surface area contributed by atoms with Crippen LogP contribution in [-0.2, 0) is 0 Å². The molecule has 3 aromatic rings. The third-order valence-electron chi connectivity index (χ3n) is 5.65. The van der Waals surface area contributed by atoms with E-state index in [2.05, 4.69) is 20.3 Å². The molecule has 0 atom stereocenters. The number of hydrogen-bond donors (Lipinski definition) is 1. The van der Waals surface area contributed by atoms with Crippen molar-refractivity contribution in [2.45, 2.75) is 44.4 Å². The lowest BCUT2D eigenvalue weighted by Crippen LogP contribution is -2.25. The van der Waals surface area contributed by atoms with Crippen LogP contribution in [0.25, 0.3) is 11.1 Å². The molecule has 6 nitrogen and oxygen atoms in total. The van der Waals surface area contributed by atoms with Crippen LogP contribution in [-0.4, -0.2) is 33.4 Å². The average molecular weight is 456 g/mol. The molecule has 0 saturated heterocycles. The molecule has 0 spiro atoms. The van der Waals surface area contributed by atoms with Crippen molar-refractivity contribution in [3.63, 3.8) is 0 Å². The summed E-state index contributed by atoms with van der Waals surface area (Å²) in [5.74, 6) is -3.98. The van der Waals surface area contributed by atoms with E-state index in [4.69, 9.17) is 4.74 Å². The van der Waals surface area contributed by atoms with Gasteiger partial charge in [0.15, 0.2) is 0 Å². The number of carbonyl (C=O) groups excluding carboxylic acids is 1. The molecule has 0 aliphatic heterocycles. The smallest absolute Gasteiger partial charge is 0.316 e. The van der Waals surface area contributed by atoms with Gasteiger partial charge in [-0.15, -0.1) is 0 Å². The molecule has 0 bridgehead atoms. The van der Waals surface area contributed by atoms with Crippen LogP contribution in [0, 0.1) is 5.82 Å². The lowest BCUT2D eigenvalue weighted by molar-refractivity contribution is -0.0384. The number of hydrogen-bond acceptors (Lipinski definition) is 5. The molecule has 9 heteroatoms. The highest BCUT2D eigenvalue weighted by Crippen LogP contribution is 2.44. The van der Waals surface area contributed by atoms with Gasteiger partial charge >= 0.3 is 6.01 Å². The molecule has 33 heavy (non-hydrogen) atoms. The number of carbonyl (C=O) groups is 1. The van der Waals surface area contributed by atoms with E-state index in [0.29, 0.717) is 23.6 Å². The molecule has 2 aromatic heterocycles. The molecular weight excluding hydrogens is 433 g/mol. The van der Waals surface area contributed by atoms with Crippen molar-refractivity contribution in [1.29, 1.82) is 0 Å². The third kappa shape index (κ3) is 5.13. The number of aromatic nitrogens is 3. The average Bonchev–Trinajstić information content (AvgIpc) is 2.80. The minimum atomic E-state index is -2.71. The highest BCUT2D eigenvalue weighted by Gasteiger charge is 2.37. The van der Waals surface area contributed by atoms with Crippen LogP contribution >= 0.6 is 0 Å². The summed E-state index contributed by atoms with van der Waals surface area (Å²) in [6.45, 7) is 2.18. The van der Waals surface area contributed by atoms with Crippen molar-refractivity contribution >= 4 is 11.6 Å². The minimum Gasteiger partial charge on any atom is -0.464 e. The Bertz CT molecular complexity index is 1130. The number of halogens is 3. The summed E-state index contributed by atoms with van der Waals surface area (Å²) in [7, 11) is 0. The number of rotatable bonds is 6. The summed E-state index contributed by atoms with van der Waals surface area (Å²) in [6.07, 6.45) is 4.08. The summed E-state index contributed by atoms with van der Waals surface area (Å²) in [5.41, 5.74) is 1.64. The fraction of sp³-hybridized carbons (Fsp3) is 0.333. The molecule has 1 aliphatic rings. The van der Waals surface area contributed by atoms with Crippen molar-refractivity contribution in [2.24, 2.45) is 0 Å². The maximum absolute atomic E-state index is 14.6. The first-order valence-electron chi connectivity index (χ1n) is 10.8. The van der Waals surface area contributed by atoms with Gasteiger partial charge in [-0.05, 0) is 31.9 Å². The Kier molecular flexibility index (Phi) is 6.57. The Labute approximate surface area is 189 Å². The number of alkyl halides is 2. The number of nitrogens with one attached hydrogen (secondary N) is 1. The molecule has 1 amide bonds. The second-order valence-electron chi connectivity index (χ2n) is 7.87. The van der Waals surface area contributed by atoms with Crippen molar-refractivity contribution < 1.29 is 22.7 Å². The molecule has 1 saturated carbocycles. The summed E-state index contributed by atoms with van der Waals surface area (Å²) >= 11 is 0. The second kappa shape index (κ2) is 9.56. The number of ether oxygens (including phenoxy) is 1. The Morgan fingerprint density at radius 3 is 2.45 bits per heavy atom. The third-order valence-corrected chi connectivity index (χ3v) is 5.65. The Balaban J connectivity index is 1.72. The predicted molar refractivity (Wildman–Crippen MR) is 117 cm³/mol. The first kappa shape index (κ1) is 22.7. The SMILES string of the molecule is CCOc1ncc(C(=O)Nc2c(-c3ccccc3F)ccnc2C2CCC(F)(F)CC2)cn1. The standard InChI is InChI=1S/C24H23F3N4O2/c1-2-33-23-29-13-16(14-30-23)22(32)31-21-18(17-5-3-4-6-19(17)25)9-12-28-20(21)15-7-10-24(26,27)11-8-15/h3-6,9,12-15H,2,7-8,10-11H2,1H3,(H,31,32). The van der Waals surface area contributed by atoms with Gasteiger partial charge in [0.05, 0.1) is 23.6 Å². The monoisotopic (exact) mass is 456 g/mol. The molecule has 1 N–H and O–H groups in total. The van der Waals surface area contributed by atoms with Gasteiger partial charge in [0.1, 0.15) is 5.82 Å². The lowest BCUT2D eigenvalue weighted by atomic mass is 9.83. The van der Waals surface area contributed by atoms with Gasteiger partial charge in [-0.25, -0.2) is 23.1 Å². The lowest BCUT2D eigenvalue weighted by Gasteiger charge is -2.29. The number of nitrogens with zero attached hydrogens (tertiary/aromatic N) is 3. The first-order chi connectivity index (χ1) is 15.9. The van der Waals surface area contributed by atoms with Crippen molar-refractivity contribution in [2.75, 3.05) is 11.9 Å². The minimum absolute atomic E-state index is 0.145. The molecule has 0 unspecified atom stereocenters. The molecule has 0 radical (unpaired) electrons. The number of benzene rings is 1. The van der Waals surface area contributed by atoms with Gasteiger partial charge in [-0.3, -0.25) is 9.78 Å². The highest BCUT2D eigenvalue weighted by atomic mass is 19.3. The normalized spacial score (nSPS) is 15.8. The van der Waals surface area contributed by atoms with Gasteiger partial charge in [0, 0.05) is 48.5 Å². The van der Waals surface area contributed by atoms with Gasteiger partial charge in [0.2, 0.25) is 5.92 Å². The second-order valence-corrected chi connectivity index (χ2v) is 7.87. The molecule has 2 heterocycles. The van der Waals surface area contributed by atoms with Crippen LogP contribution < -0.4 is 10.1 Å². The van der Waals surface area contributed by atoms with E-state index in [1.807, 2.05) is 0 Å². The fourth-order valence-electron chi connectivity index (χ4n) is 3.96. The molecule has 4 rings (SSSR count). The highest BCUT2D eigenvalue weighted by molar-refractivity contribution is 6.06. The fourth-order valence-corrected chi connectivity index (χ4v) is 3.96. The molecule has 172 valence electrons. The predicted octanol–water partition coefficient (Wildman–Crippen LogP) is 5.62. The largest absolute Gasteiger partial charge is 0.464 e. The molecule has 1 aliphatic carbocycles. The van der Waals surface area contributed by atoms with E-state index in [1.54, 1.807) is 31.2 Å². The van der Waals surface area contributed by atoms with Gasteiger partial charge in [-0.1, -0.05) is 18.2 Å². The number of anilines is 1. The van der Waals surface area contributed by atoms with Crippen molar-refractivity contribution in [3.05, 3.63) is 66.0 Å². The van der Waals surface area contributed by atoms with Gasteiger partial charge < -0.3 is 10.1 Å². The topological polar surface area (TPSA) is 77.0 Å². The van der Waals surface area contributed by atoms with Crippen LogP contribution in [0.2, 0.25) is 0 Å². The van der Waals surface area contributed by atoms with E-state index in [1.165, 1.54) is 24.7 Å².